The van der Waals surface area contributed by atoms with Gasteiger partial charge in [0.25, 0.3) is 0 Å². The van der Waals surface area contributed by atoms with Crippen molar-refractivity contribution in [1.29, 1.82) is 0 Å². The molecule has 0 radical (unpaired) electrons. The Labute approximate surface area is 121 Å². The summed E-state index contributed by atoms with van der Waals surface area (Å²) in [6.45, 7) is 5.84. The van der Waals surface area contributed by atoms with E-state index >= 15 is 0 Å². The van der Waals surface area contributed by atoms with Gasteiger partial charge in [0.1, 0.15) is 0 Å². The summed E-state index contributed by atoms with van der Waals surface area (Å²) in [5.74, 6) is 0.00662. The zero-order valence-electron chi connectivity index (χ0n) is 11.1. The Bertz CT molecular complexity index is 580. The molecule has 1 atom stereocenters. The summed E-state index contributed by atoms with van der Waals surface area (Å²) < 4.78 is 0.935. The summed E-state index contributed by atoms with van der Waals surface area (Å²) in [7, 11) is 0. The number of hydrogen-bond donors (Lipinski definition) is 1. The number of para-hydroxylation sites is 1. The predicted molar refractivity (Wildman–Crippen MR) is 82.0 cm³/mol. The third-order valence-corrected chi connectivity index (χ3v) is 4.84. The molecule has 2 aromatic rings. The maximum Gasteiger partial charge on any atom is 0.237 e. The second-order valence-electron chi connectivity index (χ2n) is 4.32. The third-order valence-electron chi connectivity index (χ3n) is 2.65. The number of carbonyl (C=O) groups is 1. The van der Waals surface area contributed by atoms with Crippen molar-refractivity contribution >= 4 is 34.7 Å². The molecule has 3 nitrogen and oxygen atoms in total. The van der Waals surface area contributed by atoms with Crippen molar-refractivity contribution in [1.82, 2.24) is 4.98 Å². The first kappa shape index (κ1) is 14.1. The first-order chi connectivity index (χ1) is 9.06. The van der Waals surface area contributed by atoms with Crippen LogP contribution in [0.3, 0.4) is 0 Å². The van der Waals surface area contributed by atoms with Crippen molar-refractivity contribution in [3.8, 4) is 0 Å². The van der Waals surface area contributed by atoms with Crippen LogP contribution in [0.5, 0.6) is 0 Å². The molecule has 100 valence electrons. The summed E-state index contributed by atoms with van der Waals surface area (Å²) in [6.07, 6.45) is 0. The Kier molecular flexibility index (Phi) is 4.61. The Balaban J connectivity index is 1.98. The summed E-state index contributed by atoms with van der Waals surface area (Å²) in [6, 6.07) is 7.78. The highest BCUT2D eigenvalue weighted by Gasteiger charge is 2.16. The average molecular weight is 292 g/mol. The summed E-state index contributed by atoms with van der Waals surface area (Å²) in [5.41, 5.74) is 2.94. The minimum Gasteiger partial charge on any atom is -0.325 e. The van der Waals surface area contributed by atoms with Gasteiger partial charge in [0.2, 0.25) is 5.91 Å². The zero-order valence-corrected chi connectivity index (χ0v) is 12.8. The van der Waals surface area contributed by atoms with Crippen LogP contribution in [0, 0.1) is 13.8 Å². The molecule has 1 aromatic heterocycles. The van der Waals surface area contributed by atoms with E-state index in [1.165, 1.54) is 11.8 Å². The SMILES string of the molecule is Cc1csc(S[C@H](C)C(=O)Nc2ccccc2C)n1. The normalized spacial score (nSPS) is 12.2. The summed E-state index contributed by atoms with van der Waals surface area (Å²) in [4.78, 5) is 16.5. The molecule has 0 aliphatic heterocycles. The Morgan fingerprint density at radius 2 is 2.11 bits per heavy atom. The predicted octanol–water partition coefficient (Wildman–Crippen LogP) is 3.88. The molecule has 1 amide bonds. The number of hydrogen-bond acceptors (Lipinski definition) is 4. The Hall–Kier alpha value is -1.33. The average Bonchev–Trinajstić information content (AvgIpc) is 2.77. The van der Waals surface area contributed by atoms with Crippen LogP contribution in [0.2, 0.25) is 0 Å². The van der Waals surface area contributed by atoms with Crippen molar-refractivity contribution in [2.24, 2.45) is 0 Å². The van der Waals surface area contributed by atoms with Crippen LogP contribution in [-0.2, 0) is 4.79 Å². The fraction of sp³-hybridized carbons (Fsp3) is 0.286. The maximum atomic E-state index is 12.1. The van der Waals surface area contributed by atoms with Crippen LogP contribution in [-0.4, -0.2) is 16.1 Å². The first-order valence-electron chi connectivity index (χ1n) is 6.01. The van der Waals surface area contributed by atoms with E-state index in [1.807, 2.05) is 50.4 Å². The Morgan fingerprint density at radius 3 is 2.74 bits per heavy atom. The van der Waals surface area contributed by atoms with Crippen LogP contribution in [0.1, 0.15) is 18.2 Å². The number of carbonyl (C=O) groups excluding carboxylic acids is 1. The molecule has 0 unspecified atom stereocenters. The van der Waals surface area contributed by atoms with Crippen LogP contribution >= 0.6 is 23.1 Å². The lowest BCUT2D eigenvalue weighted by atomic mass is 10.2. The number of anilines is 1. The fourth-order valence-electron chi connectivity index (χ4n) is 1.54. The van der Waals surface area contributed by atoms with E-state index in [0.717, 1.165) is 21.3 Å². The van der Waals surface area contributed by atoms with E-state index in [4.69, 9.17) is 0 Å². The van der Waals surface area contributed by atoms with Crippen molar-refractivity contribution in [3.63, 3.8) is 0 Å². The molecule has 0 fully saturated rings. The number of aromatic nitrogens is 1. The lowest BCUT2D eigenvalue weighted by Crippen LogP contribution is -2.22. The van der Waals surface area contributed by atoms with Gasteiger partial charge in [-0.05, 0) is 32.4 Å². The van der Waals surface area contributed by atoms with Crippen molar-refractivity contribution < 1.29 is 4.79 Å². The lowest BCUT2D eigenvalue weighted by molar-refractivity contribution is -0.115. The summed E-state index contributed by atoms with van der Waals surface area (Å²) >= 11 is 3.07. The van der Waals surface area contributed by atoms with Gasteiger partial charge in [0, 0.05) is 16.8 Å². The second-order valence-corrected chi connectivity index (χ2v) is 6.77. The van der Waals surface area contributed by atoms with Gasteiger partial charge in [0.05, 0.1) is 5.25 Å². The monoisotopic (exact) mass is 292 g/mol. The molecular weight excluding hydrogens is 276 g/mol. The molecule has 0 saturated heterocycles. The van der Waals surface area contributed by atoms with Gasteiger partial charge in [-0.1, -0.05) is 30.0 Å². The molecule has 19 heavy (non-hydrogen) atoms. The maximum absolute atomic E-state index is 12.1. The number of thioether (sulfide) groups is 1. The van der Waals surface area contributed by atoms with Gasteiger partial charge in [-0.3, -0.25) is 4.79 Å². The number of thiazole rings is 1. The zero-order chi connectivity index (χ0) is 13.8. The highest BCUT2D eigenvalue weighted by Crippen LogP contribution is 2.27. The van der Waals surface area contributed by atoms with Crippen LogP contribution in [0.4, 0.5) is 5.69 Å². The molecule has 0 bridgehead atoms. The van der Waals surface area contributed by atoms with Gasteiger partial charge in [-0.15, -0.1) is 11.3 Å². The number of aryl methyl sites for hydroxylation is 2. The molecule has 5 heteroatoms. The second kappa shape index (κ2) is 6.21. The largest absolute Gasteiger partial charge is 0.325 e. The molecule has 0 aliphatic carbocycles. The minimum atomic E-state index is -0.162. The smallest absolute Gasteiger partial charge is 0.237 e. The number of nitrogens with zero attached hydrogens (tertiary/aromatic N) is 1. The minimum absolute atomic E-state index is 0.00662. The number of benzene rings is 1. The molecule has 1 aromatic carbocycles. The lowest BCUT2D eigenvalue weighted by Gasteiger charge is -2.12. The van der Waals surface area contributed by atoms with E-state index in [9.17, 15) is 4.79 Å². The fourth-order valence-corrected chi connectivity index (χ4v) is 3.52. The Morgan fingerprint density at radius 1 is 1.37 bits per heavy atom. The van der Waals surface area contributed by atoms with E-state index in [0.29, 0.717) is 0 Å². The van der Waals surface area contributed by atoms with Gasteiger partial charge in [-0.2, -0.15) is 0 Å². The molecule has 1 heterocycles. The van der Waals surface area contributed by atoms with Crippen LogP contribution in [0.15, 0.2) is 34.0 Å². The highest BCUT2D eigenvalue weighted by atomic mass is 32.2. The van der Waals surface area contributed by atoms with Crippen LogP contribution in [0.25, 0.3) is 0 Å². The summed E-state index contributed by atoms with van der Waals surface area (Å²) in [5, 5.41) is 4.79. The first-order valence-corrected chi connectivity index (χ1v) is 7.77. The van der Waals surface area contributed by atoms with Crippen molar-refractivity contribution in [2.45, 2.75) is 30.4 Å². The van der Waals surface area contributed by atoms with Gasteiger partial charge in [0.15, 0.2) is 4.34 Å². The van der Waals surface area contributed by atoms with E-state index < -0.39 is 0 Å². The molecule has 0 spiro atoms. The molecule has 0 aliphatic rings. The highest BCUT2D eigenvalue weighted by molar-refractivity contribution is 8.02. The third kappa shape index (κ3) is 3.81. The molecular formula is C14H16N2OS2. The number of rotatable bonds is 4. The molecule has 1 N–H and O–H groups in total. The van der Waals surface area contributed by atoms with E-state index in [1.54, 1.807) is 11.3 Å². The van der Waals surface area contributed by atoms with Crippen molar-refractivity contribution in [3.05, 3.63) is 40.9 Å². The molecule has 0 saturated carbocycles. The van der Waals surface area contributed by atoms with Gasteiger partial charge in [-0.25, -0.2) is 4.98 Å². The topological polar surface area (TPSA) is 42.0 Å². The quantitative estimate of drug-likeness (QED) is 0.870. The standard InChI is InChI=1S/C14H16N2OS2/c1-9-6-4-5-7-12(9)16-13(17)11(3)19-14-15-10(2)8-18-14/h4-8,11H,1-3H3,(H,16,17)/t11-/m1/s1. The number of amides is 1. The van der Waals surface area contributed by atoms with E-state index in [2.05, 4.69) is 10.3 Å². The van der Waals surface area contributed by atoms with Gasteiger partial charge < -0.3 is 5.32 Å². The molecule has 2 rings (SSSR count). The van der Waals surface area contributed by atoms with E-state index in [-0.39, 0.29) is 11.2 Å². The van der Waals surface area contributed by atoms with Crippen LogP contribution < -0.4 is 5.32 Å². The van der Waals surface area contributed by atoms with Gasteiger partial charge >= 0.3 is 0 Å². The van der Waals surface area contributed by atoms with Crippen molar-refractivity contribution in [2.75, 3.05) is 5.32 Å². The number of nitrogens with one attached hydrogen (secondary N) is 1.